The van der Waals surface area contributed by atoms with Gasteiger partial charge in [0.1, 0.15) is 5.69 Å². The van der Waals surface area contributed by atoms with Crippen LogP contribution >= 0.6 is 11.8 Å². The van der Waals surface area contributed by atoms with Gasteiger partial charge in [-0.3, -0.25) is 4.90 Å². The molecule has 1 atom stereocenters. The van der Waals surface area contributed by atoms with Crippen LogP contribution in [-0.2, 0) is 11.3 Å². The van der Waals surface area contributed by atoms with Crippen molar-refractivity contribution in [3.63, 3.8) is 0 Å². The predicted octanol–water partition coefficient (Wildman–Crippen LogP) is 3.67. The zero-order chi connectivity index (χ0) is 21.2. The summed E-state index contributed by atoms with van der Waals surface area (Å²) in [4.78, 5) is 4.57. The van der Waals surface area contributed by atoms with Gasteiger partial charge < -0.3 is 19.3 Å². The Hall–Kier alpha value is -1.80. The monoisotopic (exact) mass is 431 g/mol. The molecule has 30 heavy (non-hydrogen) atoms. The van der Waals surface area contributed by atoms with E-state index >= 15 is 0 Å². The van der Waals surface area contributed by atoms with Gasteiger partial charge in [-0.05, 0) is 13.0 Å². The normalized spacial score (nSPS) is 15.5. The summed E-state index contributed by atoms with van der Waals surface area (Å²) in [6.45, 7) is 10.6. The van der Waals surface area contributed by atoms with Crippen LogP contribution in [0.15, 0.2) is 47.5 Å². The minimum Gasteiger partial charge on any atom is -0.389 e. The van der Waals surface area contributed by atoms with Crippen molar-refractivity contribution in [3.8, 4) is 11.3 Å². The van der Waals surface area contributed by atoms with E-state index in [-0.39, 0.29) is 0 Å². The molecular weight excluding hydrogens is 398 g/mol. The Morgan fingerprint density at radius 2 is 2.10 bits per heavy atom. The van der Waals surface area contributed by atoms with E-state index in [4.69, 9.17) is 9.26 Å². The topological polar surface area (TPSA) is 62.0 Å². The van der Waals surface area contributed by atoms with Crippen LogP contribution in [0.1, 0.15) is 18.9 Å². The Morgan fingerprint density at radius 1 is 1.33 bits per heavy atom. The van der Waals surface area contributed by atoms with E-state index in [0.29, 0.717) is 26.3 Å². The average Bonchev–Trinajstić information content (AvgIpc) is 3.19. The summed E-state index contributed by atoms with van der Waals surface area (Å²) in [5.74, 6) is 3.06. The third kappa shape index (κ3) is 6.35. The Kier molecular flexibility index (Phi) is 9.27. The molecule has 0 amide bonds. The van der Waals surface area contributed by atoms with Crippen molar-refractivity contribution >= 4 is 17.6 Å². The first kappa shape index (κ1) is 22.9. The number of aromatic nitrogens is 1. The van der Waals surface area contributed by atoms with E-state index < -0.39 is 6.10 Å². The molecular formula is C23H33N3O3S. The fraction of sp³-hybridized carbons (Fsp3) is 0.522. The molecule has 2 aromatic rings. The van der Waals surface area contributed by atoms with Crippen LogP contribution in [0.25, 0.3) is 11.3 Å². The van der Waals surface area contributed by atoms with Crippen molar-refractivity contribution in [3.05, 3.63) is 48.6 Å². The van der Waals surface area contributed by atoms with Crippen LogP contribution in [0.2, 0.25) is 0 Å². The molecule has 1 saturated heterocycles. The molecule has 1 aliphatic heterocycles. The molecule has 7 heteroatoms. The quantitative estimate of drug-likeness (QED) is 0.406. The number of benzene rings is 1. The molecule has 0 saturated carbocycles. The summed E-state index contributed by atoms with van der Waals surface area (Å²) in [6.07, 6.45) is 2.15. The SMILES string of the molecule is C=CCOC[C@H](O)CN(CCC)Cc1c(-c2ccccc2)noc1N1CCSCC1. The molecule has 1 fully saturated rings. The van der Waals surface area contributed by atoms with Crippen molar-refractivity contribution in [1.29, 1.82) is 0 Å². The number of anilines is 1. The van der Waals surface area contributed by atoms with Gasteiger partial charge in [0.05, 0.1) is 24.9 Å². The second-order valence-electron chi connectivity index (χ2n) is 7.50. The Bertz CT molecular complexity index is 762. The number of ether oxygens (including phenoxy) is 1. The zero-order valence-corrected chi connectivity index (χ0v) is 18.6. The van der Waals surface area contributed by atoms with Crippen molar-refractivity contribution < 1.29 is 14.4 Å². The standard InChI is InChI=1S/C23H33N3O3S/c1-3-10-25(16-20(27)18-28-13-4-2)17-21-22(19-8-6-5-7-9-19)24-29-23(21)26-11-14-30-15-12-26/h4-9,20,27H,2-3,10-18H2,1H3/t20-/m1/s1. The summed E-state index contributed by atoms with van der Waals surface area (Å²) in [5.41, 5.74) is 3.04. The number of hydrogen-bond acceptors (Lipinski definition) is 7. The Morgan fingerprint density at radius 3 is 2.80 bits per heavy atom. The van der Waals surface area contributed by atoms with Gasteiger partial charge in [0, 0.05) is 43.2 Å². The van der Waals surface area contributed by atoms with Crippen LogP contribution in [0.4, 0.5) is 5.88 Å². The number of rotatable bonds is 12. The van der Waals surface area contributed by atoms with Gasteiger partial charge >= 0.3 is 0 Å². The number of aliphatic hydroxyl groups is 1. The predicted molar refractivity (Wildman–Crippen MR) is 124 cm³/mol. The van der Waals surface area contributed by atoms with E-state index in [1.165, 1.54) is 0 Å². The molecule has 0 radical (unpaired) electrons. The van der Waals surface area contributed by atoms with Crippen molar-refractivity contribution in [2.45, 2.75) is 26.0 Å². The summed E-state index contributed by atoms with van der Waals surface area (Å²) in [5, 5.41) is 14.9. The maximum Gasteiger partial charge on any atom is 0.232 e. The molecule has 0 unspecified atom stereocenters. The maximum atomic E-state index is 10.5. The van der Waals surface area contributed by atoms with E-state index in [9.17, 15) is 5.11 Å². The highest BCUT2D eigenvalue weighted by Crippen LogP contribution is 2.33. The molecule has 2 heterocycles. The second kappa shape index (κ2) is 12.2. The maximum absolute atomic E-state index is 10.5. The molecule has 0 bridgehead atoms. The Labute approximate surface area is 183 Å². The Balaban J connectivity index is 1.82. The summed E-state index contributed by atoms with van der Waals surface area (Å²) in [7, 11) is 0. The molecule has 164 valence electrons. The number of aliphatic hydroxyl groups excluding tert-OH is 1. The highest BCUT2D eigenvalue weighted by molar-refractivity contribution is 7.99. The lowest BCUT2D eigenvalue weighted by atomic mass is 10.1. The van der Waals surface area contributed by atoms with Gasteiger partial charge in [-0.1, -0.05) is 48.5 Å². The lowest BCUT2D eigenvalue weighted by Gasteiger charge is -2.28. The first-order valence-corrected chi connectivity index (χ1v) is 11.8. The summed E-state index contributed by atoms with van der Waals surface area (Å²) >= 11 is 1.97. The molecule has 0 aliphatic carbocycles. The molecule has 1 aliphatic rings. The van der Waals surface area contributed by atoms with Crippen molar-refractivity contribution in [2.24, 2.45) is 0 Å². The second-order valence-corrected chi connectivity index (χ2v) is 8.72. The minimum absolute atomic E-state index is 0.303. The molecule has 0 spiro atoms. The first-order valence-electron chi connectivity index (χ1n) is 10.7. The largest absolute Gasteiger partial charge is 0.389 e. The van der Waals surface area contributed by atoms with Crippen LogP contribution < -0.4 is 4.90 Å². The number of nitrogens with zero attached hydrogens (tertiary/aromatic N) is 3. The van der Waals surface area contributed by atoms with E-state index in [1.54, 1.807) is 6.08 Å². The van der Waals surface area contributed by atoms with Crippen LogP contribution in [0.3, 0.4) is 0 Å². The van der Waals surface area contributed by atoms with Crippen molar-refractivity contribution in [1.82, 2.24) is 10.1 Å². The minimum atomic E-state index is -0.550. The summed E-state index contributed by atoms with van der Waals surface area (Å²) in [6, 6.07) is 10.2. The van der Waals surface area contributed by atoms with Gasteiger partial charge in [0.25, 0.3) is 0 Å². The smallest absolute Gasteiger partial charge is 0.232 e. The van der Waals surface area contributed by atoms with Crippen LogP contribution in [0.5, 0.6) is 0 Å². The fourth-order valence-corrected chi connectivity index (χ4v) is 4.60. The van der Waals surface area contributed by atoms with E-state index in [0.717, 1.165) is 60.3 Å². The molecule has 3 rings (SSSR count). The highest BCUT2D eigenvalue weighted by atomic mass is 32.2. The molecule has 1 aromatic heterocycles. The molecule has 1 N–H and O–H groups in total. The van der Waals surface area contributed by atoms with E-state index in [2.05, 4.69) is 40.6 Å². The van der Waals surface area contributed by atoms with Crippen LogP contribution in [-0.4, -0.2) is 72.2 Å². The fourth-order valence-electron chi connectivity index (χ4n) is 3.69. The first-order chi connectivity index (χ1) is 14.7. The van der Waals surface area contributed by atoms with Gasteiger partial charge in [-0.2, -0.15) is 11.8 Å². The lowest BCUT2D eigenvalue weighted by molar-refractivity contribution is 0.0246. The van der Waals surface area contributed by atoms with Crippen molar-refractivity contribution in [2.75, 3.05) is 55.8 Å². The third-order valence-corrected chi connectivity index (χ3v) is 5.99. The van der Waals surface area contributed by atoms with Gasteiger partial charge in [0.15, 0.2) is 0 Å². The van der Waals surface area contributed by atoms with E-state index in [1.807, 2.05) is 30.0 Å². The van der Waals surface area contributed by atoms with Gasteiger partial charge in [0.2, 0.25) is 5.88 Å². The van der Waals surface area contributed by atoms with Crippen LogP contribution in [0, 0.1) is 0 Å². The highest BCUT2D eigenvalue weighted by Gasteiger charge is 2.26. The zero-order valence-electron chi connectivity index (χ0n) is 17.8. The molecule has 6 nitrogen and oxygen atoms in total. The molecule has 1 aromatic carbocycles. The van der Waals surface area contributed by atoms with Gasteiger partial charge in [-0.15, -0.1) is 6.58 Å². The lowest BCUT2D eigenvalue weighted by Crippen LogP contribution is -2.36. The number of thioether (sulfide) groups is 1. The van der Waals surface area contributed by atoms with Gasteiger partial charge in [-0.25, -0.2) is 0 Å². The summed E-state index contributed by atoms with van der Waals surface area (Å²) < 4.78 is 11.3. The number of hydrogen-bond donors (Lipinski definition) is 1. The third-order valence-electron chi connectivity index (χ3n) is 5.05. The average molecular weight is 432 g/mol.